The number of nitrogens with zero attached hydrogens (tertiary/aromatic N) is 1. The van der Waals surface area contributed by atoms with Gasteiger partial charge in [0.1, 0.15) is 0 Å². The molecule has 1 heterocycles. The molecule has 148 valence electrons. The molecule has 0 unspecified atom stereocenters. The molecule has 0 aromatic heterocycles. The maximum absolute atomic E-state index is 11.0. The quantitative estimate of drug-likeness (QED) is 0.575. The Labute approximate surface area is 159 Å². The van der Waals surface area contributed by atoms with E-state index in [-0.39, 0.29) is 22.8 Å². The monoisotopic (exact) mass is 361 g/mol. The van der Waals surface area contributed by atoms with Crippen molar-refractivity contribution in [1.29, 1.82) is 0 Å². The van der Waals surface area contributed by atoms with Crippen LogP contribution in [0, 0.1) is 17.8 Å². The topological polar surface area (TPSA) is 52.4 Å². The molecular weight excluding hydrogens is 324 g/mol. The molecule has 0 spiro atoms. The van der Waals surface area contributed by atoms with Crippen molar-refractivity contribution in [3.05, 3.63) is 17.0 Å². The highest BCUT2D eigenvalue weighted by Gasteiger charge is 2.53. The van der Waals surface area contributed by atoms with E-state index in [1.165, 1.54) is 24.8 Å². The number of carbonyl (C=O) groups is 1. The summed E-state index contributed by atoms with van der Waals surface area (Å²) in [5, 5.41) is 7.79. The van der Waals surface area contributed by atoms with Crippen LogP contribution in [0.4, 0.5) is 0 Å². The van der Waals surface area contributed by atoms with Crippen LogP contribution < -0.4 is 5.32 Å². The first-order valence-corrected chi connectivity index (χ1v) is 10.3. The van der Waals surface area contributed by atoms with Gasteiger partial charge >= 0.3 is 0 Å². The summed E-state index contributed by atoms with van der Waals surface area (Å²) in [6, 6.07) is 0. The van der Waals surface area contributed by atoms with Gasteiger partial charge in [-0.1, -0.05) is 25.0 Å². The zero-order valence-electron chi connectivity index (χ0n) is 17.5. The number of allylic oxidation sites excluding steroid dienone is 2. The average molecular weight is 362 g/mol. The van der Waals surface area contributed by atoms with Crippen LogP contribution in [0.1, 0.15) is 73.1 Å². The summed E-state index contributed by atoms with van der Waals surface area (Å²) in [6.45, 7) is 11.1. The predicted molar refractivity (Wildman–Crippen MR) is 106 cm³/mol. The number of fused-ring (bicyclic) bond motifs is 1. The second-order valence-corrected chi connectivity index (χ2v) is 9.90. The lowest BCUT2D eigenvalue weighted by Crippen LogP contribution is -2.54. The van der Waals surface area contributed by atoms with Gasteiger partial charge in [-0.05, 0) is 77.6 Å². The fourth-order valence-electron chi connectivity index (χ4n) is 5.93. The first kappa shape index (κ1) is 19.9. The van der Waals surface area contributed by atoms with Gasteiger partial charge in [0.15, 0.2) is 0 Å². The highest BCUT2D eigenvalue weighted by molar-refractivity contribution is 5.48. The zero-order valence-corrected chi connectivity index (χ0v) is 17.5. The van der Waals surface area contributed by atoms with Crippen LogP contribution in [0.2, 0.25) is 0 Å². The van der Waals surface area contributed by atoms with E-state index in [9.17, 15) is 4.79 Å². The Bertz CT molecular complexity index is 572. The van der Waals surface area contributed by atoms with Gasteiger partial charge in [-0.3, -0.25) is 4.79 Å². The number of hydrogen-bond donors (Lipinski definition) is 1. The summed E-state index contributed by atoms with van der Waals surface area (Å²) in [5.41, 5.74) is 1.20. The molecule has 0 aromatic carbocycles. The lowest BCUT2D eigenvalue weighted by Gasteiger charge is -2.60. The molecule has 1 saturated heterocycles. The van der Waals surface area contributed by atoms with Gasteiger partial charge in [0, 0.05) is 0 Å². The van der Waals surface area contributed by atoms with Crippen molar-refractivity contribution in [3.8, 4) is 0 Å². The number of ether oxygens (including phenoxy) is 1. The zero-order chi connectivity index (χ0) is 19.2. The Morgan fingerprint density at radius 2 is 1.96 bits per heavy atom. The van der Waals surface area contributed by atoms with Gasteiger partial charge in [0.05, 0.1) is 17.2 Å². The van der Waals surface area contributed by atoms with Gasteiger partial charge in [-0.25, -0.2) is 0 Å². The van der Waals surface area contributed by atoms with Crippen molar-refractivity contribution >= 4 is 6.41 Å². The molecule has 1 N–H and O–H groups in total. The van der Waals surface area contributed by atoms with Crippen molar-refractivity contribution in [2.45, 2.75) is 95.9 Å². The van der Waals surface area contributed by atoms with E-state index >= 15 is 0 Å². The van der Waals surface area contributed by atoms with Gasteiger partial charge in [-0.15, -0.1) is 5.54 Å². The van der Waals surface area contributed by atoms with E-state index < -0.39 is 0 Å². The lowest BCUT2D eigenvalue weighted by atomic mass is 9.56. The maximum Gasteiger partial charge on any atom is 0.207 e. The van der Waals surface area contributed by atoms with Crippen LogP contribution in [0.3, 0.4) is 0 Å². The Balaban J connectivity index is 1.84. The third-order valence-corrected chi connectivity index (χ3v) is 7.86. The minimum absolute atomic E-state index is 0.0778. The largest absolute Gasteiger partial charge is 0.659 e. The summed E-state index contributed by atoms with van der Waals surface area (Å²) in [6.07, 6.45) is 10.3. The molecule has 4 heteroatoms. The van der Waals surface area contributed by atoms with Gasteiger partial charge < -0.3 is 15.4 Å². The first-order chi connectivity index (χ1) is 12.1. The normalized spacial score (nSPS) is 43.5. The number of nitrogens with one attached hydrogen (secondary N) is 1. The molecule has 3 aliphatic rings. The molecule has 3 rings (SSSR count). The Morgan fingerprint density at radius 1 is 1.23 bits per heavy atom. The molecule has 1 aliphatic heterocycles. The Kier molecular flexibility index (Phi) is 5.31. The molecule has 0 bridgehead atoms. The summed E-state index contributed by atoms with van der Waals surface area (Å²) in [4.78, 5) is 11.0. The fourth-order valence-corrected chi connectivity index (χ4v) is 5.93. The van der Waals surface area contributed by atoms with Crippen LogP contribution in [0.5, 0.6) is 0 Å². The molecule has 1 saturated carbocycles. The number of rotatable bonds is 5. The summed E-state index contributed by atoms with van der Waals surface area (Å²) in [7, 11) is 2.00. The Hall–Kier alpha value is -0.870. The highest BCUT2D eigenvalue weighted by Crippen LogP contribution is 2.56. The smallest absolute Gasteiger partial charge is 0.207 e. The molecule has 0 aromatic rings. The molecule has 6 atom stereocenters. The molecule has 26 heavy (non-hydrogen) atoms. The fraction of sp³-hybridized carbons (Fsp3) is 0.864. The second kappa shape index (κ2) is 6.94. The lowest BCUT2D eigenvalue weighted by molar-refractivity contribution is -0.127. The molecule has 2 aliphatic carbocycles. The van der Waals surface area contributed by atoms with Crippen molar-refractivity contribution in [2.75, 3.05) is 7.05 Å². The maximum atomic E-state index is 11.0. The standard InChI is InChI=1S/C22H37N2O2/c1-15-7-8-17-16(13-15)18(9-11-21(17,4)23-6)22(5)12-10-19(26-22)20(2,3)24-14-25/h13-14,16-19H,7-12H2,1-6H3,(H,24,25)/q-1/t16-,17+,18-,19-,21-,22+/m1/s1. The Morgan fingerprint density at radius 3 is 2.62 bits per heavy atom. The van der Waals surface area contributed by atoms with Crippen LogP contribution in [-0.2, 0) is 9.53 Å². The third-order valence-electron chi connectivity index (χ3n) is 7.86. The molecular formula is C22H37N2O2-. The number of amides is 1. The molecule has 0 radical (unpaired) electrons. The van der Waals surface area contributed by atoms with Crippen molar-refractivity contribution in [3.63, 3.8) is 0 Å². The number of hydrogen-bond acceptors (Lipinski definition) is 2. The van der Waals surface area contributed by atoms with Gasteiger partial charge in [0.2, 0.25) is 6.41 Å². The van der Waals surface area contributed by atoms with Crippen molar-refractivity contribution < 1.29 is 9.53 Å². The SMILES string of the molecule is C[N-][C@]1(C)CC[C@@H]([C@]2(C)CC[C@H](C(C)(C)NC=O)O2)[C@@H]2C=C(C)CC[C@@H]21. The van der Waals surface area contributed by atoms with Crippen molar-refractivity contribution in [1.82, 2.24) is 5.32 Å². The van der Waals surface area contributed by atoms with Crippen LogP contribution in [0.25, 0.3) is 5.32 Å². The van der Waals surface area contributed by atoms with Crippen LogP contribution >= 0.6 is 0 Å². The summed E-state index contributed by atoms with van der Waals surface area (Å²) in [5.74, 6) is 1.71. The molecule has 4 nitrogen and oxygen atoms in total. The van der Waals surface area contributed by atoms with E-state index in [0.717, 1.165) is 25.7 Å². The van der Waals surface area contributed by atoms with Crippen LogP contribution in [0.15, 0.2) is 11.6 Å². The summed E-state index contributed by atoms with van der Waals surface area (Å²) >= 11 is 0. The second-order valence-electron chi connectivity index (χ2n) is 9.90. The van der Waals surface area contributed by atoms with Crippen molar-refractivity contribution in [2.24, 2.45) is 17.8 Å². The first-order valence-electron chi connectivity index (χ1n) is 10.3. The van der Waals surface area contributed by atoms with E-state index in [4.69, 9.17) is 10.1 Å². The minimum atomic E-state index is -0.320. The van der Waals surface area contributed by atoms with E-state index in [2.05, 4.69) is 46.0 Å². The van der Waals surface area contributed by atoms with Gasteiger partial charge in [0.25, 0.3) is 0 Å². The summed E-state index contributed by atoms with van der Waals surface area (Å²) < 4.78 is 6.71. The van der Waals surface area contributed by atoms with E-state index in [0.29, 0.717) is 17.8 Å². The minimum Gasteiger partial charge on any atom is -0.659 e. The highest BCUT2D eigenvalue weighted by atomic mass is 16.5. The molecule has 2 fully saturated rings. The number of carbonyl (C=O) groups excluding carboxylic acids is 1. The van der Waals surface area contributed by atoms with E-state index in [1.54, 1.807) is 0 Å². The predicted octanol–water partition coefficient (Wildman–Crippen LogP) is 4.59. The molecule has 1 amide bonds. The van der Waals surface area contributed by atoms with E-state index in [1.807, 2.05) is 7.05 Å². The van der Waals surface area contributed by atoms with Crippen LogP contribution in [-0.4, -0.2) is 36.2 Å². The third kappa shape index (κ3) is 3.35. The average Bonchev–Trinajstić information content (AvgIpc) is 2.99. The van der Waals surface area contributed by atoms with Gasteiger partial charge in [-0.2, -0.15) is 7.05 Å².